The number of benzene rings is 1. The number of carbonyl (C=O) groups excluding carboxylic acids is 1. The second-order valence-electron chi connectivity index (χ2n) is 5.51. The van der Waals surface area contributed by atoms with Crippen LogP contribution in [0.15, 0.2) is 47.3 Å². The summed E-state index contributed by atoms with van der Waals surface area (Å²) in [7, 11) is 0. The van der Waals surface area contributed by atoms with Gasteiger partial charge in [-0.2, -0.15) is 0 Å². The first-order chi connectivity index (χ1) is 10.7. The van der Waals surface area contributed by atoms with Crippen LogP contribution in [0.4, 0.5) is 0 Å². The number of halogens is 1. The normalized spacial score (nSPS) is 16.9. The van der Waals surface area contributed by atoms with Gasteiger partial charge in [-0.05, 0) is 30.5 Å². The molecule has 23 heavy (non-hydrogen) atoms. The van der Waals surface area contributed by atoms with Crippen LogP contribution in [0.1, 0.15) is 23.2 Å². The molecule has 0 spiro atoms. The Labute approximate surface area is 140 Å². The van der Waals surface area contributed by atoms with Gasteiger partial charge in [-0.15, -0.1) is 12.4 Å². The lowest BCUT2D eigenvalue weighted by atomic mass is 10.1. The van der Waals surface area contributed by atoms with Crippen molar-refractivity contribution in [1.29, 1.82) is 0 Å². The number of nitrogens with zero attached hydrogens (tertiary/aromatic N) is 1. The predicted octanol–water partition coefficient (Wildman–Crippen LogP) is 2.03. The number of aromatic nitrogens is 1. The van der Waals surface area contributed by atoms with Crippen LogP contribution in [0, 0.1) is 0 Å². The summed E-state index contributed by atoms with van der Waals surface area (Å²) in [5, 5.41) is 0. The van der Waals surface area contributed by atoms with Gasteiger partial charge in [0, 0.05) is 24.8 Å². The van der Waals surface area contributed by atoms with Crippen LogP contribution in [0.5, 0.6) is 0 Å². The summed E-state index contributed by atoms with van der Waals surface area (Å²) >= 11 is 0. The van der Waals surface area contributed by atoms with Gasteiger partial charge in [0.2, 0.25) is 0 Å². The van der Waals surface area contributed by atoms with Crippen LogP contribution >= 0.6 is 12.4 Å². The predicted molar refractivity (Wildman–Crippen MR) is 92.9 cm³/mol. The fourth-order valence-corrected chi connectivity index (χ4v) is 2.93. The van der Waals surface area contributed by atoms with Crippen molar-refractivity contribution in [1.82, 2.24) is 9.88 Å². The van der Waals surface area contributed by atoms with E-state index in [1.807, 2.05) is 30.3 Å². The van der Waals surface area contributed by atoms with Gasteiger partial charge < -0.3 is 15.6 Å². The Balaban J connectivity index is 0.00000192. The van der Waals surface area contributed by atoms with Crippen molar-refractivity contribution >= 4 is 18.3 Å². The van der Waals surface area contributed by atoms with Crippen LogP contribution in [0.25, 0.3) is 11.3 Å². The van der Waals surface area contributed by atoms with Gasteiger partial charge in [0.15, 0.2) is 0 Å². The first-order valence-corrected chi connectivity index (χ1v) is 7.50. The first kappa shape index (κ1) is 17.2. The molecule has 0 bridgehead atoms. The van der Waals surface area contributed by atoms with Crippen LogP contribution in [-0.4, -0.2) is 34.9 Å². The van der Waals surface area contributed by atoms with E-state index in [-0.39, 0.29) is 35.5 Å². The summed E-state index contributed by atoms with van der Waals surface area (Å²) in [6, 6.07) is 13.0. The maximum atomic E-state index is 12.5. The molecule has 1 aliphatic heterocycles. The van der Waals surface area contributed by atoms with Gasteiger partial charge in [0.1, 0.15) is 5.56 Å². The molecule has 2 heterocycles. The summed E-state index contributed by atoms with van der Waals surface area (Å²) < 4.78 is 0. The summed E-state index contributed by atoms with van der Waals surface area (Å²) in [4.78, 5) is 29.3. The number of pyridine rings is 1. The largest absolute Gasteiger partial charge is 0.334 e. The van der Waals surface area contributed by atoms with Crippen molar-refractivity contribution in [2.45, 2.75) is 18.9 Å². The van der Waals surface area contributed by atoms with Crippen LogP contribution in [-0.2, 0) is 0 Å². The SMILES string of the molecule is Cl.NCC1CCCN1C(=O)c1ccc(-c2ccccc2)[nH]c1=O. The van der Waals surface area contributed by atoms with Crippen molar-refractivity contribution < 1.29 is 4.79 Å². The van der Waals surface area contributed by atoms with E-state index in [1.165, 1.54) is 0 Å². The second-order valence-corrected chi connectivity index (χ2v) is 5.51. The number of H-pyrrole nitrogens is 1. The van der Waals surface area contributed by atoms with Crippen molar-refractivity contribution in [3.8, 4) is 11.3 Å². The van der Waals surface area contributed by atoms with Gasteiger partial charge in [-0.25, -0.2) is 0 Å². The lowest BCUT2D eigenvalue weighted by Gasteiger charge is -2.23. The zero-order valence-electron chi connectivity index (χ0n) is 12.7. The molecule has 1 aromatic heterocycles. The molecule has 1 saturated heterocycles. The number of nitrogens with one attached hydrogen (secondary N) is 1. The molecule has 1 fully saturated rings. The molecule has 1 aromatic carbocycles. The molecule has 1 unspecified atom stereocenters. The Bertz CT molecular complexity index is 730. The molecule has 3 rings (SSSR count). The summed E-state index contributed by atoms with van der Waals surface area (Å²) in [5.41, 5.74) is 7.15. The highest BCUT2D eigenvalue weighted by atomic mass is 35.5. The third-order valence-corrected chi connectivity index (χ3v) is 4.13. The molecule has 3 N–H and O–H groups in total. The zero-order valence-corrected chi connectivity index (χ0v) is 13.5. The Hall–Kier alpha value is -2.11. The molecule has 1 atom stereocenters. The number of hydrogen-bond donors (Lipinski definition) is 2. The highest BCUT2D eigenvalue weighted by Crippen LogP contribution is 2.19. The lowest BCUT2D eigenvalue weighted by molar-refractivity contribution is 0.0739. The molecule has 0 radical (unpaired) electrons. The monoisotopic (exact) mass is 333 g/mol. The van der Waals surface area contributed by atoms with Gasteiger partial charge >= 0.3 is 0 Å². The number of rotatable bonds is 3. The molecule has 1 amide bonds. The zero-order chi connectivity index (χ0) is 15.5. The third-order valence-electron chi connectivity index (χ3n) is 4.13. The van der Waals surface area contributed by atoms with E-state index < -0.39 is 0 Å². The maximum Gasteiger partial charge on any atom is 0.261 e. The van der Waals surface area contributed by atoms with Crippen LogP contribution in [0.2, 0.25) is 0 Å². The van der Waals surface area contributed by atoms with E-state index in [0.29, 0.717) is 18.8 Å². The molecule has 5 nitrogen and oxygen atoms in total. The van der Waals surface area contributed by atoms with Crippen LogP contribution in [0.3, 0.4) is 0 Å². The topological polar surface area (TPSA) is 79.2 Å². The first-order valence-electron chi connectivity index (χ1n) is 7.50. The fraction of sp³-hybridized carbons (Fsp3) is 0.294. The lowest BCUT2D eigenvalue weighted by Crippen LogP contribution is -2.41. The van der Waals surface area contributed by atoms with Gasteiger partial charge in [0.05, 0.1) is 0 Å². The molecule has 6 heteroatoms. The standard InChI is InChI=1S/C17H19N3O2.ClH/c18-11-13-7-4-10-20(13)17(22)14-8-9-15(19-16(14)21)12-5-2-1-3-6-12;/h1-3,5-6,8-9,13H,4,7,10-11,18H2,(H,19,21);1H. The van der Waals surface area contributed by atoms with Crippen molar-refractivity contribution in [2.75, 3.05) is 13.1 Å². The Morgan fingerprint density at radius 3 is 2.61 bits per heavy atom. The summed E-state index contributed by atoms with van der Waals surface area (Å²) in [6.45, 7) is 1.10. The van der Waals surface area contributed by atoms with Crippen molar-refractivity contribution in [3.63, 3.8) is 0 Å². The minimum atomic E-state index is -0.353. The van der Waals surface area contributed by atoms with E-state index in [4.69, 9.17) is 5.73 Å². The van der Waals surface area contributed by atoms with Gasteiger partial charge in [-0.3, -0.25) is 9.59 Å². The number of likely N-dealkylation sites (tertiary alicyclic amines) is 1. The maximum absolute atomic E-state index is 12.5. The number of hydrogen-bond acceptors (Lipinski definition) is 3. The van der Waals surface area contributed by atoms with Crippen molar-refractivity contribution in [2.24, 2.45) is 5.73 Å². The Morgan fingerprint density at radius 2 is 1.96 bits per heavy atom. The smallest absolute Gasteiger partial charge is 0.261 e. The number of carbonyl (C=O) groups is 1. The Morgan fingerprint density at radius 1 is 1.22 bits per heavy atom. The number of nitrogens with two attached hydrogens (primary N) is 1. The average molecular weight is 334 g/mol. The molecule has 2 aromatic rings. The number of amides is 1. The molecular weight excluding hydrogens is 314 g/mol. The molecule has 0 saturated carbocycles. The highest BCUT2D eigenvalue weighted by molar-refractivity contribution is 5.94. The molecule has 122 valence electrons. The second kappa shape index (κ2) is 7.44. The molecule has 0 aliphatic carbocycles. The van der Waals surface area contributed by atoms with E-state index in [9.17, 15) is 9.59 Å². The van der Waals surface area contributed by atoms with Gasteiger partial charge in [0.25, 0.3) is 11.5 Å². The van der Waals surface area contributed by atoms with E-state index >= 15 is 0 Å². The molecule has 1 aliphatic rings. The summed E-state index contributed by atoms with van der Waals surface area (Å²) in [5.74, 6) is -0.228. The highest BCUT2D eigenvalue weighted by Gasteiger charge is 2.29. The van der Waals surface area contributed by atoms with Crippen LogP contribution < -0.4 is 11.3 Å². The van der Waals surface area contributed by atoms with E-state index in [2.05, 4.69) is 4.98 Å². The average Bonchev–Trinajstić information content (AvgIpc) is 3.03. The summed E-state index contributed by atoms with van der Waals surface area (Å²) in [6.07, 6.45) is 1.84. The van der Waals surface area contributed by atoms with Gasteiger partial charge in [-0.1, -0.05) is 30.3 Å². The number of aromatic amines is 1. The van der Waals surface area contributed by atoms with Crippen molar-refractivity contribution in [3.05, 3.63) is 58.4 Å². The molecular formula is C17H20ClN3O2. The third kappa shape index (κ3) is 3.46. The quantitative estimate of drug-likeness (QED) is 0.902. The van der Waals surface area contributed by atoms with E-state index in [1.54, 1.807) is 17.0 Å². The fourth-order valence-electron chi connectivity index (χ4n) is 2.93. The minimum absolute atomic E-state index is 0. The van der Waals surface area contributed by atoms with E-state index in [0.717, 1.165) is 18.4 Å². The Kier molecular flexibility index (Phi) is 5.58. The minimum Gasteiger partial charge on any atom is -0.334 e.